The van der Waals surface area contributed by atoms with E-state index in [1.165, 1.54) is 10.4 Å². The van der Waals surface area contributed by atoms with E-state index >= 15 is 0 Å². The Morgan fingerprint density at radius 1 is 1.43 bits per heavy atom. The van der Waals surface area contributed by atoms with Crippen LogP contribution >= 0.6 is 11.3 Å². The first kappa shape index (κ1) is 20.2. The second-order valence-corrected chi connectivity index (χ2v) is 9.91. The lowest BCUT2D eigenvalue weighted by molar-refractivity contribution is -0.114. The Morgan fingerprint density at radius 2 is 2.25 bits per heavy atom. The Kier molecular flexibility index (Phi) is 6.00. The summed E-state index contributed by atoms with van der Waals surface area (Å²) in [6, 6.07) is 3.25. The maximum Gasteiger partial charge on any atom is 0.407 e. The molecule has 0 radical (unpaired) electrons. The molecule has 2 fully saturated rings. The zero-order valence-corrected chi connectivity index (χ0v) is 18.3. The van der Waals surface area contributed by atoms with Gasteiger partial charge < -0.3 is 19.7 Å². The van der Waals surface area contributed by atoms with E-state index in [9.17, 15) is 4.79 Å². The highest BCUT2D eigenvalue weighted by molar-refractivity contribution is 7.12. The van der Waals surface area contributed by atoms with Gasteiger partial charge in [-0.15, -0.1) is 11.3 Å². The maximum atomic E-state index is 11.5. The summed E-state index contributed by atoms with van der Waals surface area (Å²) in [6.45, 7) is 9.98. The van der Waals surface area contributed by atoms with Crippen molar-refractivity contribution in [3.8, 4) is 0 Å². The van der Waals surface area contributed by atoms with E-state index in [0.29, 0.717) is 18.6 Å². The lowest BCUT2D eigenvalue weighted by Gasteiger charge is -2.49. The average molecular weight is 407 g/mol. The molecule has 156 valence electrons. The van der Waals surface area contributed by atoms with Crippen LogP contribution in [0.15, 0.2) is 6.07 Å². The first-order valence-corrected chi connectivity index (χ1v) is 11.8. The van der Waals surface area contributed by atoms with Gasteiger partial charge in [-0.3, -0.25) is 0 Å². The third kappa shape index (κ3) is 3.96. The number of nitrogens with one attached hydrogen (secondary N) is 1. The van der Waals surface area contributed by atoms with Crippen molar-refractivity contribution >= 4 is 17.4 Å². The van der Waals surface area contributed by atoms with Crippen molar-refractivity contribution in [2.24, 2.45) is 5.92 Å². The van der Waals surface area contributed by atoms with Gasteiger partial charge in [0.1, 0.15) is 0 Å². The van der Waals surface area contributed by atoms with E-state index < -0.39 is 0 Å². The van der Waals surface area contributed by atoms with Gasteiger partial charge in [-0.25, -0.2) is 4.79 Å². The van der Waals surface area contributed by atoms with Gasteiger partial charge in [0.05, 0.1) is 18.8 Å². The summed E-state index contributed by atoms with van der Waals surface area (Å²) < 4.78 is 11.4. The van der Waals surface area contributed by atoms with Gasteiger partial charge in [-0.2, -0.15) is 0 Å². The molecule has 1 saturated heterocycles. The Morgan fingerprint density at radius 3 is 2.96 bits per heavy atom. The zero-order valence-electron chi connectivity index (χ0n) is 17.5. The van der Waals surface area contributed by atoms with E-state index in [4.69, 9.17) is 9.47 Å². The van der Waals surface area contributed by atoms with Crippen LogP contribution in [0.3, 0.4) is 0 Å². The van der Waals surface area contributed by atoms with Crippen molar-refractivity contribution in [3.05, 3.63) is 21.4 Å². The molecule has 28 heavy (non-hydrogen) atoms. The topological polar surface area (TPSA) is 50.8 Å². The minimum atomic E-state index is -0.272. The monoisotopic (exact) mass is 406 g/mol. The minimum absolute atomic E-state index is 0.0545. The fourth-order valence-electron chi connectivity index (χ4n) is 5.22. The SMILES string of the molecule is CCOC(=O)NC1CC(CN2CC[C@]3(C[C@@H]2C)OCCc2sc(CC)cc23)C1. The molecule has 0 bridgehead atoms. The van der Waals surface area contributed by atoms with Crippen molar-refractivity contribution in [3.63, 3.8) is 0 Å². The summed E-state index contributed by atoms with van der Waals surface area (Å²) in [5.74, 6) is 0.680. The number of ether oxygens (including phenoxy) is 2. The lowest BCUT2D eigenvalue weighted by atomic mass is 9.76. The Hall–Kier alpha value is -1.11. The summed E-state index contributed by atoms with van der Waals surface area (Å²) in [7, 11) is 0. The van der Waals surface area contributed by atoms with E-state index in [0.717, 1.165) is 58.2 Å². The highest BCUT2D eigenvalue weighted by Crippen LogP contribution is 2.46. The maximum absolute atomic E-state index is 11.5. The standard InChI is InChI=1S/C22H34N2O3S/c1-4-18-12-19-20(28-18)6-9-27-22(19)7-8-24(15(3)13-22)14-16-10-17(11-16)23-21(25)26-5-2/h12,15-17H,4-11,13-14H2,1-3H3,(H,23,25)/t15-,16?,17?,22+/m0/s1. The predicted molar refractivity (Wildman–Crippen MR) is 112 cm³/mol. The molecule has 1 aromatic heterocycles. The van der Waals surface area contributed by atoms with E-state index in [1.807, 2.05) is 18.3 Å². The molecule has 1 aromatic rings. The number of thiophene rings is 1. The second-order valence-electron chi connectivity index (χ2n) is 8.69. The highest BCUT2D eigenvalue weighted by Gasteiger charge is 2.45. The van der Waals surface area contributed by atoms with Crippen molar-refractivity contribution in [2.45, 2.75) is 77.0 Å². The molecule has 6 heteroatoms. The van der Waals surface area contributed by atoms with Gasteiger partial charge in [0, 0.05) is 41.3 Å². The van der Waals surface area contributed by atoms with E-state index in [2.05, 4.69) is 30.1 Å². The Labute approximate surface area is 172 Å². The number of fused-ring (bicyclic) bond motifs is 2. The number of aryl methyl sites for hydroxylation is 1. The fourth-order valence-corrected chi connectivity index (χ4v) is 6.40. The van der Waals surface area contributed by atoms with Gasteiger partial charge in [0.25, 0.3) is 0 Å². The smallest absolute Gasteiger partial charge is 0.407 e. The van der Waals surface area contributed by atoms with Gasteiger partial charge in [0.15, 0.2) is 0 Å². The quantitative estimate of drug-likeness (QED) is 0.800. The predicted octanol–water partition coefficient (Wildman–Crippen LogP) is 4.09. The zero-order chi connectivity index (χ0) is 19.7. The molecule has 1 saturated carbocycles. The first-order chi connectivity index (χ1) is 13.5. The van der Waals surface area contributed by atoms with Crippen LogP contribution in [-0.4, -0.2) is 49.4 Å². The molecule has 1 N–H and O–H groups in total. The molecule has 4 rings (SSSR count). The van der Waals surface area contributed by atoms with Crippen molar-refractivity contribution < 1.29 is 14.3 Å². The number of piperidine rings is 1. The number of rotatable bonds is 5. The summed E-state index contributed by atoms with van der Waals surface area (Å²) in [4.78, 5) is 17.2. The molecule has 2 atom stereocenters. The second kappa shape index (κ2) is 8.33. The molecule has 3 heterocycles. The van der Waals surface area contributed by atoms with Crippen LogP contribution in [0.5, 0.6) is 0 Å². The molecular formula is C22H34N2O3S. The largest absolute Gasteiger partial charge is 0.450 e. The van der Waals surface area contributed by atoms with Crippen LogP contribution in [0.2, 0.25) is 0 Å². The molecule has 0 aromatic carbocycles. The number of amides is 1. The minimum Gasteiger partial charge on any atom is -0.450 e. The number of carbonyl (C=O) groups is 1. The average Bonchev–Trinajstić information content (AvgIpc) is 3.07. The summed E-state index contributed by atoms with van der Waals surface area (Å²) in [6.07, 6.45) is 6.26. The number of hydrogen-bond acceptors (Lipinski definition) is 5. The van der Waals surface area contributed by atoms with Gasteiger partial charge in [-0.05, 0) is 63.5 Å². The third-order valence-electron chi connectivity index (χ3n) is 6.78. The van der Waals surface area contributed by atoms with Gasteiger partial charge in [0.2, 0.25) is 0 Å². The van der Waals surface area contributed by atoms with Gasteiger partial charge in [-0.1, -0.05) is 6.92 Å². The van der Waals surface area contributed by atoms with Crippen molar-refractivity contribution in [1.29, 1.82) is 0 Å². The molecule has 1 aliphatic carbocycles. The summed E-state index contributed by atoms with van der Waals surface area (Å²) >= 11 is 2.00. The van der Waals surface area contributed by atoms with Crippen LogP contribution in [0.1, 0.15) is 61.8 Å². The lowest BCUT2D eigenvalue weighted by Crippen LogP contribution is -2.54. The number of likely N-dealkylation sites (tertiary alicyclic amines) is 1. The molecule has 5 nitrogen and oxygen atoms in total. The number of carbonyl (C=O) groups excluding carboxylic acids is 1. The molecule has 0 unspecified atom stereocenters. The van der Waals surface area contributed by atoms with Crippen molar-refractivity contribution in [2.75, 3.05) is 26.3 Å². The Balaban J connectivity index is 1.31. The molecule has 1 amide bonds. The third-order valence-corrected chi connectivity index (χ3v) is 8.12. The number of hydrogen-bond donors (Lipinski definition) is 1. The fraction of sp³-hybridized carbons (Fsp3) is 0.773. The van der Waals surface area contributed by atoms with Crippen LogP contribution in [-0.2, 0) is 27.9 Å². The van der Waals surface area contributed by atoms with Gasteiger partial charge >= 0.3 is 6.09 Å². The van der Waals surface area contributed by atoms with Crippen LogP contribution in [0.25, 0.3) is 0 Å². The number of alkyl carbamates (subject to hydrolysis) is 1. The molecular weight excluding hydrogens is 372 g/mol. The summed E-state index contributed by atoms with van der Waals surface area (Å²) in [5.41, 5.74) is 1.44. The van der Waals surface area contributed by atoms with Crippen molar-refractivity contribution in [1.82, 2.24) is 10.2 Å². The van der Waals surface area contributed by atoms with Crippen LogP contribution in [0.4, 0.5) is 4.79 Å². The highest BCUT2D eigenvalue weighted by atomic mass is 32.1. The Bertz CT molecular complexity index is 700. The first-order valence-electron chi connectivity index (χ1n) is 11.0. The number of nitrogens with zero attached hydrogens (tertiary/aromatic N) is 1. The van der Waals surface area contributed by atoms with Crippen LogP contribution in [0, 0.1) is 5.92 Å². The molecule has 3 aliphatic rings. The molecule has 1 spiro atoms. The normalized spacial score (nSPS) is 32.6. The molecule has 2 aliphatic heterocycles. The van der Waals surface area contributed by atoms with Crippen LogP contribution < -0.4 is 5.32 Å². The summed E-state index contributed by atoms with van der Waals surface area (Å²) in [5, 5.41) is 2.96. The van der Waals surface area contributed by atoms with E-state index in [-0.39, 0.29) is 17.7 Å². The van der Waals surface area contributed by atoms with E-state index in [1.54, 1.807) is 4.88 Å².